The molecule has 0 saturated carbocycles. The standard InChI is InChI=1S/C11H20N3.ClH.H2O/c1-14(2,3)9-8-13-11-7-5-4-6-10(11)12;;/h4-7,13H,8-9,12H2,1-3H3;1H;1H2/q+1;;/p-1. The zero-order valence-electron chi connectivity index (χ0n) is 10.1. The molecule has 0 aliphatic carbocycles. The molecule has 0 heterocycles. The van der Waals surface area contributed by atoms with Crippen molar-refractivity contribution in [1.29, 1.82) is 0 Å². The minimum atomic E-state index is 0. The van der Waals surface area contributed by atoms with Crippen molar-refractivity contribution in [2.75, 3.05) is 45.3 Å². The molecular weight excluding hydrogens is 226 g/mol. The maximum absolute atomic E-state index is 5.80. The van der Waals surface area contributed by atoms with Gasteiger partial charge >= 0.3 is 0 Å². The Bertz CT molecular complexity index is 300. The first-order valence-corrected chi connectivity index (χ1v) is 4.88. The van der Waals surface area contributed by atoms with E-state index >= 15 is 0 Å². The third kappa shape index (κ3) is 6.50. The fraction of sp³-hybridized carbons (Fsp3) is 0.455. The lowest BCUT2D eigenvalue weighted by Crippen LogP contribution is -3.00. The Hall–Kier alpha value is -0.970. The highest BCUT2D eigenvalue weighted by molar-refractivity contribution is 5.65. The Morgan fingerprint density at radius 1 is 1.19 bits per heavy atom. The Morgan fingerprint density at radius 3 is 2.25 bits per heavy atom. The molecule has 0 bridgehead atoms. The van der Waals surface area contributed by atoms with Gasteiger partial charge in [-0.3, -0.25) is 0 Å². The topological polar surface area (TPSA) is 69.5 Å². The van der Waals surface area contributed by atoms with E-state index < -0.39 is 0 Å². The summed E-state index contributed by atoms with van der Waals surface area (Å²) >= 11 is 0. The molecule has 94 valence electrons. The summed E-state index contributed by atoms with van der Waals surface area (Å²) in [5, 5.41) is 3.33. The van der Waals surface area contributed by atoms with Gasteiger partial charge in [-0.1, -0.05) is 12.1 Å². The van der Waals surface area contributed by atoms with E-state index in [1.807, 2.05) is 24.3 Å². The highest BCUT2D eigenvalue weighted by Crippen LogP contribution is 2.15. The molecule has 16 heavy (non-hydrogen) atoms. The summed E-state index contributed by atoms with van der Waals surface area (Å²) in [5.41, 5.74) is 7.65. The van der Waals surface area contributed by atoms with Crippen LogP contribution in [0.1, 0.15) is 0 Å². The van der Waals surface area contributed by atoms with E-state index in [2.05, 4.69) is 26.5 Å². The van der Waals surface area contributed by atoms with Crippen LogP contribution in [0.15, 0.2) is 24.3 Å². The molecular formula is C11H22ClN3O. The lowest BCUT2D eigenvalue weighted by Gasteiger charge is -2.24. The number of para-hydroxylation sites is 2. The maximum Gasteiger partial charge on any atom is 0.0955 e. The molecule has 0 aliphatic rings. The number of rotatable bonds is 4. The van der Waals surface area contributed by atoms with Crippen molar-refractivity contribution >= 4 is 11.4 Å². The van der Waals surface area contributed by atoms with Gasteiger partial charge in [0.1, 0.15) is 0 Å². The predicted molar refractivity (Wildman–Crippen MR) is 65.9 cm³/mol. The van der Waals surface area contributed by atoms with Gasteiger partial charge in [0.25, 0.3) is 0 Å². The third-order valence-corrected chi connectivity index (χ3v) is 2.06. The second-order valence-corrected chi connectivity index (χ2v) is 4.53. The van der Waals surface area contributed by atoms with Crippen LogP contribution in [0.3, 0.4) is 0 Å². The van der Waals surface area contributed by atoms with Crippen LogP contribution < -0.4 is 23.5 Å². The first-order valence-electron chi connectivity index (χ1n) is 4.88. The minimum absolute atomic E-state index is 0. The van der Waals surface area contributed by atoms with Crippen molar-refractivity contribution in [2.24, 2.45) is 0 Å². The molecule has 0 fully saturated rings. The molecule has 0 atom stereocenters. The maximum atomic E-state index is 5.80. The van der Waals surface area contributed by atoms with Crippen LogP contribution in [0.4, 0.5) is 11.4 Å². The lowest BCUT2D eigenvalue weighted by atomic mass is 10.2. The van der Waals surface area contributed by atoms with Crippen LogP contribution in [-0.2, 0) is 0 Å². The summed E-state index contributed by atoms with van der Waals surface area (Å²) in [4.78, 5) is 0. The molecule has 0 saturated heterocycles. The van der Waals surface area contributed by atoms with Crippen molar-refractivity contribution < 1.29 is 22.4 Å². The molecule has 1 aromatic rings. The van der Waals surface area contributed by atoms with Crippen LogP contribution >= 0.6 is 0 Å². The zero-order valence-corrected chi connectivity index (χ0v) is 10.9. The van der Waals surface area contributed by atoms with Gasteiger partial charge in [0.2, 0.25) is 0 Å². The van der Waals surface area contributed by atoms with E-state index in [9.17, 15) is 0 Å². The summed E-state index contributed by atoms with van der Waals surface area (Å²) in [6, 6.07) is 7.85. The van der Waals surface area contributed by atoms with Gasteiger partial charge < -0.3 is 33.4 Å². The van der Waals surface area contributed by atoms with Gasteiger partial charge in [0, 0.05) is 0 Å². The average Bonchev–Trinajstić information content (AvgIpc) is 2.06. The molecule has 1 aromatic carbocycles. The number of halogens is 1. The highest BCUT2D eigenvalue weighted by Gasteiger charge is 2.05. The molecule has 4 nitrogen and oxygen atoms in total. The molecule has 0 radical (unpaired) electrons. The number of nitrogen functional groups attached to an aromatic ring is 1. The van der Waals surface area contributed by atoms with E-state index in [1.165, 1.54) is 0 Å². The Morgan fingerprint density at radius 2 is 1.75 bits per heavy atom. The van der Waals surface area contributed by atoms with Crippen LogP contribution in [0.2, 0.25) is 0 Å². The van der Waals surface area contributed by atoms with Gasteiger partial charge in [0.15, 0.2) is 0 Å². The first-order chi connectivity index (χ1) is 6.49. The molecule has 0 amide bonds. The number of nitrogens with one attached hydrogen (secondary N) is 1. The SMILES string of the molecule is C[N+](C)(C)CCNc1ccccc1N.O.[Cl-]. The second-order valence-electron chi connectivity index (χ2n) is 4.53. The molecule has 0 spiro atoms. The number of hydrogen-bond donors (Lipinski definition) is 2. The summed E-state index contributed by atoms with van der Waals surface area (Å²) < 4.78 is 0.958. The normalized spacial score (nSPS) is 9.94. The van der Waals surface area contributed by atoms with Crippen LogP contribution in [-0.4, -0.2) is 44.2 Å². The van der Waals surface area contributed by atoms with Crippen LogP contribution in [0.5, 0.6) is 0 Å². The average molecular weight is 248 g/mol. The molecule has 5 heteroatoms. The smallest absolute Gasteiger partial charge is 0.0955 e. The molecule has 0 aromatic heterocycles. The molecule has 0 aliphatic heterocycles. The van der Waals surface area contributed by atoms with Gasteiger partial charge in [-0.15, -0.1) is 0 Å². The van der Waals surface area contributed by atoms with Crippen molar-refractivity contribution in [3.63, 3.8) is 0 Å². The number of nitrogens with zero attached hydrogens (tertiary/aromatic N) is 1. The number of benzene rings is 1. The summed E-state index contributed by atoms with van der Waals surface area (Å²) in [6.45, 7) is 2.02. The molecule has 1 rings (SSSR count). The molecule has 5 N–H and O–H groups in total. The van der Waals surface area contributed by atoms with Crippen LogP contribution in [0.25, 0.3) is 0 Å². The van der Waals surface area contributed by atoms with E-state index in [1.54, 1.807) is 0 Å². The van der Waals surface area contributed by atoms with Crippen molar-refractivity contribution in [2.45, 2.75) is 0 Å². The van der Waals surface area contributed by atoms with E-state index in [0.717, 1.165) is 28.9 Å². The monoisotopic (exact) mass is 247 g/mol. The summed E-state index contributed by atoms with van der Waals surface area (Å²) in [6.07, 6.45) is 0. The first kappa shape index (κ1) is 17.4. The second kappa shape index (κ2) is 7.33. The fourth-order valence-corrected chi connectivity index (χ4v) is 1.18. The van der Waals surface area contributed by atoms with Gasteiger partial charge in [0.05, 0.1) is 45.6 Å². The Kier molecular flexibility index (Phi) is 7.98. The minimum Gasteiger partial charge on any atom is -1.00 e. The van der Waals surface area contributed by atoms with Crippen molar-refractivity contribution in [3.8, 4) is 0 Å². The van der Waals surface area contributed by atoms with Gasteiger partial charge in [-0.25, -0.2) is 0 Å². The summed E-state index contributed by atoms with van der Waals surface area (Å²) in [5.74, 6) is 0. The van der Waals surface area contributed by atoms with E-state index in [0.29, 0.717) is 0 Å². The van der Waals surface area contributed by atoms with Crippen LogP contribution in [0, 0.1) is 0 Å². The fourth-order valence-electron chi connectivity index (χ4n) is 1.18. The van der Waals surface area contributed by atoms with Crippen molar-refractivity contribution in [3.05, 3.63) is 24.3 Å². The number of hydrogen-bond acceptors (Lipinski definition) is 2. The zero-order chi connectivity index (χ0) is 10.6. The number of quaternary nitrogens is 1. The predicted octanol–water partition coefficient (Wildman–Crippen LogP) is -2.43. The van der Waals surface area contributed by atoms with Gasteiger partial charge in [-0.2, -0.15) is 0 Å². The van der Waals surface area contributed by atoms with Crippen molar-refractivity contribution in [1.82, 2.24) is 0 Å². The largest absolute Gasteiger partial charge is 1.00 e. The Labute approximate surface area is 104 Å². The summed E-state index contributed by atoms with van der Waals surface area (Å²) in [7, 11) is 6.53. The lowest BCUT2D eigenvalue weighted by molar-refractivity contribution is -0.868. The number of likely N-dealkylation sites (N-methyl/N-ethyl adjacent to an activating group) is 1. The number of anilines is 2. The van der Waals surface area contributed by atoms with Gasteiger partial charge in [-0.05, 0) is 12.1 Å². The Balaban J connectivity index is 0. The highest BCUT2D eigenvalue weighted by atomic mass is 35.5. The van der Waals surface area contributed by atoms with E-state index in [-0.39, 0.29) is 17.9 Å². The third-order valence-electron chi connectivity index (χ3n) is 2.06. The molecule has 0 unspecified atom stereocenters. The quantitative estimate of drug-likeness (QED) is 0.459. The van der Waals surface area contributed by atoms with E-state index in [4.69, 9.17) is 5.73 Å². The number of nitrogens with two attached hydrogens (primary N) is 1.